The van der Waals surface area contributed by atoms with E-state index in [-0.39, 0.29) is 11.9 Å². The Bertz CT molecular complexity index is 700. The summed E-state index contributed by atoms with van der Waals surface area (Å²) >= 11 is 1.67. The molecule has 0 bridgehead atoms. The van der Waals surface area contributed by atoms with Gasteiger partial charge in [-0.05, 0) is 47.8 Å². The van der Waals surface area contributed by atoms with Crippen LogP contribution in [0.25, 0.3) is 0 Å². The molecule has 2 heterocycles. The van der Waals surface area contributed by atoms with Gasteiger partial charge in [-0.3, -0.25) is 4.79 Å². The van der Waals surface area contributed by atoms with Crippen LogP contribution in [-0.4, -0.2) is 17.6 Å². The fourth-order valence-corrected chi connectivity index (χ4v) is 3.28. The Kier molecular flexibility index (Phi) is 4.78. The van der Waals surface area contributed by atoms with Gasteiger partial charge >= 0.3 is 0 Å². The topological polar surface area (TPSA) is 43.3 Å². The molecule has 23 heavy (non-hydrogen) atoms. The van der Waals surface area contributed by atoms with Gasteiger partial charge in [-0.15, -0.1) is 11.3 Å². The van der Waals surface area contributed by atoms with E-state index in [1.807, 2.05) is 60.2 Å². The van der Waals surface area contributed by atoms with Crippen molar-refractivity contribution in [2.45, 2.75) is 12.5 Å². The lowest BCUT2D eigenvalue weighted by Gasteiger charge is -2.17. The van der Waals surface area contributed by atoms with Gasteiger partial charge in [-0.2, -0.15) is 0 Å². The van der Waals surface area contributed by atoms with Crippen LogP contribution in [0.3, 0.4) is 0 Å². The minimum absolute atomic E-state index is 0.0118. The normalized spacial score (nSPS) is 11.9. The first-order valence-electron chi connectivity index (χ1n) is 7.36. The van der Waals surface area contributed by atoms with Crippen LogP contribution in [0.1, 0.15) is 17.3 Å². The predicted molar refractivity (Wildman–Crippen MR) is 93.1 cm³/mol. The Balaban J connectivity index is 1.71. The first kappa shape index (κ1) is 15.4. The monoisotopic (exact) mass is 326 g/mol. The van der Waals surface area contributed by atoms with E-state index in [2.05, 4.69) is 16.0 Å². The van der Waals surface area contributed by atoms with Gasteiger partial charge < -0.3 is 14.6 Å². The third-order valence-corrected chi connectivity index (χ3v) is 4.59. The summed E-state index contributed by atoms with van der Waals surface area (Å²) in [5.74, 6) is 0.758. The molecule has 0 radical (unpaired) electrons. The number of thiophene rings is 1. The second-order valence-electron chi connectivity index (χ2n) is 5.14. The van der Waals surface area contributed by atoms with Crippen LogP contribution in [0.5, 0.6) is 5.75 Å². The molecule has 4 nitrogen and oxygen atoms in total. The Hall–Kier alpha value is -2.53. The lowest BCUT2D eigenvalue weighted by Crippen LogP contribution is -2.19. The van der Waals surface area contributed by atoms with E-state index in [9.17, 15) is 4.79 Å². The number of amides is 1. The van der Waals surface area contributed by atoms with Crippen molar-refractivity contribution in [3.8, 4) is 5.75 Å². The molecular weight excluding hydrogens is 308 g/mol. The predicted octanol–water partition coefficient (Wildman–Crippen LogP) is 4.18. The number of ether oxygens (including phenoxy) is 1. The quantitative estimate of drug-likeness (QED) is 0.738. The second kappa shape index (κ2) is 7.15. The SMILES string of the molecule is COc1ccc(NC(=O)C[C@H](c2cccs2)n2cccc2)cc1. The molecule has 0 saturated heterocycles. The number of rotatable bonds is 6. The van der Waals surface area contributed by atoms with Crippen molar-refractivity contribution >= 4 is 22.9 Å². The molecule has 0 saturated carbocycles. The molecule has 118 valence electrons. The van der Waals surface area contributed by atoms with E-state index in [0.29, 0.717) is 6.42 Å². The molecule has 1 aromatic carbocycles. The van der Waals surface area contributed by atoms with E-state index in [0.717, 1.165) is 11.4 Å². The molecule has 1 atom stereocenters. The minimum atomic E-state index is -0.0118. The molecule has 1 N–H and O–H groups in total. The van der Waals surface area contributed by atoms with Gasteiger partial charge in [0.1, 0.15) is 5.75 Å². The highest BCUT2D eigenvalue weighted by Crippen LogP contribution is 2.27. The van der Waals surface area contributed by atoms with E-state index in [1.54, 1.807) is 18.4 Å². The second-order valence-corrected chi connectivity index (χ2v) is 6.12. The smallest absolute Gasteiger partial charge is 0.226 e. The first-order valence-corrected chi connectivity index (χ1v) is 8.24. The average molecular weight is 326 g/mol. The van der Waals surface area contributed by atoms with Gasteiger partial charge in [-0.1, -0.05) is 6.07 Å². The van der Waals surface area contributed by atoms with Crippen LogP contribution < -0.4 is 10.1 Å². The summed E-state index contributed by atoms with van der Waals surface area (Å²) in [6.45, 7) is 0. The molecule has 0 aliphatic rings. The third-order valence-electron chi connectivity index (χ3n) is 3.61. The lowest BCUT2D eigenvalue weighted by atomic mass is 10.1. The van der Waals surface area contributed by atoms with Crippen molar-refractivity contribution in [1.82, 2.24) is 4.57 Å². The van der Waals surface area contributed by atoms with Crippen molar-refractivity contribution in [3.05, 3.63) is 71.2 Å². The van der Waals surface area contributed by atoms with Gasteiger partial charge in [0.05, 0.1) is 19.6 Å². The van der Waals surface area contributed by atoms with Gasteiger partial charge in [0.15, 0.2) is 0 Å². The number of carbonyl (C=O) groups is 1. The lowest BCUT2D eigenvalue weighted by molar-refractivity contribution is -0.116. The van der Waals surface area contributed by atoms with Crippen LogP contribution >= 0.6 is 11.3 Å². The van der Waals surface area contributed by atoms with E-state index >= 15 is 0 Å². The molecular formula is C18H18N2O2S. The summed E-state index contributed by atoms with van der Waals surface area (Å²) < 4.78 is 7.19. The highest BCUT2D eigenvalue weighted by atomic mass is 32.1. The number of nitrogens with zero attached hydrogens (tertiary/aromatic N) is 1. The zero-order valence-electron chi connectivity index (χ0n) is 12.8. The Morgan fingerprint density at radius 3 is 2.52 bits per heavy atom. The largest absolute Gasteiger partial charge is 0.497 e. The molecule has 0 spiro atoms. The molecule has 0 aliphatic heterocycles. The zero-order valence-corrected chi connectivity index (χ0v) is 13.6. The maximum Gasteiger partial charge on any atom is 0.226 e. The standard InChI is InChI=1S/C18H18N2O2S/c1-22-15-8-6-14(7-9-15)19-18(21)13-16(17-5-4-12-23-17)20-10-2-3-11-20/h2-12,16H,13H2,1H3,(H,19,21)/t16-/m1/s1. The first-order chi connectivity index (χ1) is 11.3. The van der Waals surface area contributed by atoms with Crippen LogP contribution in [-0.2, 0) is 4.79 Å². The van der Waals surface area contributed by atoms with Gasteiger partial charge in [0, 0.05) is 23.0 Å². The summed E-state index contributed by atoms with van der Waals surface area (Å²) in [6.07, 6.45) is 4.37. The van der Waals surface area contributed by atoms with E-state index in [1.165, 1.54) is 4.88 Å². The number of hydrogen-bond acceptors (Lipinski definition) is 3. The molecule has 3 aromatic rings. The molecule has 0 unspecified atom stereocenters. The Labute approximate surface area is 139 Å². The highest BCUT2D eigenvalue weighted by Gasteiger charge is 2.18. The fraction of sp³-hybridized carbons (Fsp3) is 0.167. The number of anilines is 1. The summed E-state index contributed by atoms with van der Waals surface area (Å²) in [7, 11) is 1.62. The summed E-state index contributed by atoms with van der Waals surface area (Å²) in [5.41, 5.74) is 0.772. The fourth-order valence-electron chi connectivity index (χ4n) is 2.45. The number of nitrogens with one attached hydrogen (secondary N) is 1. The van der Waals surface area contributed by atoms with Gasteiger partial charge in [0.25, 0.3) is 0 Å². The maximum absolute atomic E-state index is 12.4. The number of hydrogen-bond donors (Lipinski definition) is 1. The number of carbonyl (C=O) groups excluding carboxylic acids is 1. The maximum atomic E-state index is 12.4. The Morgan fingerprint density at radius 2 is 1.91 bits per heavy atom. The van der Waals surface area contributed by atoms with Crippen molar-refractivity contribution < 1.29 is 9.53 Å². The molecule has 0 aliphatic carbocycles. The summed E-state index contributed by atoms with van der Waals surface area (Å²) in [5, 5.41) is 4.98. The van der Waals surface area contributed by atoms with Crippen molar-refractivity contribution in [1.29, 1.82) is 0 Å². The third kappa shape index (κ3) is 3.81. The average Bonchev–Trinajstić information content (AvgIpc) is 3.27. The van der Waals surface area contributed by atoms with E-state index < -0.39 is 0 Å². The molecule has 1 amide bonds. The van der Waals surface area contributed by atoms with Crippen LogP contribution in [0.2, 0.25) is 0 Å². The Morgan fingerprint density at radius 1 is 1.17 bits per heavy atom. The molecule has 0 fully saturated rings. The van der Waals surface area contributed by atoms with E-state index in [4.69, 9.17) is 4.74 Å². The van der Waals surface area contributed by atoms with Crippen LogP contribution in [0.4, 0.5) is 5.69 Å². The summed E-state index contributed by atoms with van der Waals surface area (Å²) in [4.78, 5) is 13.6. The minimum Gasteiger partial charge on any atom is -0.497 e. The zero-order chi connectivity index (χ0) is 16.1. The number of benzene rings is 1. The van der Waals surface area contributed by atoms with Crippen molar-refractivity contribution in [3.63, 3.8) is 0 Å². The number of methoxy groups -OCH3 is 1. The van der Waals surface area contributed by atoms with Crippen LogP contribution in [0.15, 0.2) is 66.3 Å². The molecule has 5 heteroatoms. The van der Waals surface area contributed by atoms with Gasteiger partial charge in [0.2, 0.25) is 5.91 Å². The van der Waals surface area contributed by atoms with Crippen LogP contribution in [0, 0.1) is 0 Å². The number of aromatic nitrogens is 1. The van der Waals surface area contributed by atoms with Crippen molar-refractivity contribution in [2.75, 3.05) is 12.4 Å². The highest BCUT2D eigenvalue weighted by molar-refractivity contribution is 7.10. The summed E-state index contributed by atoms with van der Waals surface area (Å²) in [6, 6.07) is 15.4. The molecule has 2 aromatic heterocycles. The van der Waals surface area contributed by atoms with Gasteiger partial charge in [-0.25, -0.2) is 0 Å². The van der Waals surface area contributed by atoms with Crippen molar-refractivity contribution in [2.24, 2.45) is 0 Å². The molecule has 3 rings (SSSR count).